The van der Waals surface area contributed by atoms with Crippen molar-refractivity contribution in [1.82, 2.24) is 0 Å². The van der Waals surface area contributed by atoms with Crippen LogP contribution in [0, 0.1) is 29.3 Å². The van der Waals surface area contributed by atoms with Crippen LogP contribution in [-0.2, 0) is 14.6 Å². The number of nitrogens with one attached hydrogen (secondary N) is 1. The SMILES string of the molecule is O=C(Nc1cc(F)c(F)c(F)c1)c1ccc(Cl)c(S(=O)(=O)[C@@H]2C3CCC2[C@]2(CO2)C3)c1. The van der Waals surface area contributed by atoms with Crippen LogP contribution in [0.2, 0.25) is 5.02 Å². The van der Waals surface area contributed by atoms with Gasteiger partial charge in [-0.1, -0.05) is 11.6 Å². The maximum atomic E-state index is 13.5. The molecule has 3 aliphatic rings. The van der Waals surface area contributed by atoms with Gasteiger partial charge in [-0.3, -0.25) is 4.79 Å². The largest absolute Gasteiger partial charge is 0.369 e. The molecule has 1 spiro atoms. The Morgan fingerprint density at radius 3 is 2.42 bits per heavy atom. The van der Waals surface area contributed by atoms with Gasteiger partial charge in [-0.2, -0.15) is 0 Å². The number of ether oxygens (including phenoxy) is 1. The molecule has 4 atom stereocenters. The molecule has 31 heavy (non-hydrogen) atoms. The Balaban J connectivity index is 1.45. The van der Waals surface area contributed by atoms with E-state index < -0.39 is 38.4 Å². The average Bonchev–Trinajstić information content (AvgIpc) is 3.22. The van der Waals surface area contributed by atoms with Crippen molar-refractivity contribution >= 4 is 33.0 Å². The fourth-order valence-corrected chi connectivity index (χ4v) is 8.08. The first-order valence-corrected chi connectivity index (χ1v) is 11.7. The Morgan fingerprint density at radius 2 is 1.81 bits per heavy atom. The van der Waals surface area contributed by atoms with Gasteiger partial charge < -0.3 is 10.1 Å². The van der Waals surface area contributed by atoms with Crippen LogP contribution in [0.5, 0.6) is 0 Å². The molecular formula is C21H17ClF3NO4S. The van der Waals surface area contributed by atoms with E-state index in [-0.39, 0.29) is 38.6 Å². The molecular weight excluding hydrogens is 455 g/mol. The highest BCUT2D eigenvalue weighted by Gasteiger charge is 2.67. The second kappa shape index (κ2) is 6.95. The van der Waals surface area contributed by atoms with E-state index in [4.69, 9.17) is 16.3 Å². The number of fused-ring (bicyclic) bond motifs is 3. The summed E-state index contributed by atoms with van der Waals surface area (Å²) in [5.41, 5.74) is -0.697. The van der Waals surface area contributed by atoms with Crippen LogP contribution in [0.1, 0.15) is 29.6 Å². The van der Waals surface area contributed by atoms with Gasteiger partial charge in [0, 0.05) is 29.3 Å². The first kappa shape index (κ1) is 20.8. The molecule has 5 nitrogen and oxygen atoms in total. The minimum Gasteiger partial charge on any atom is -0.369 e. The number of benzene rings is 2. The zero-order valence-corrected chi connectivity index (χ0v) is 17.6. The van der Waals surface area contributed by atoms with Gasteiger partial charge in [0.05, 0.1) is 27.4 Å². The highest BCUT2D eigenvalue weighted by molar-refractivity contribution is 7.92. The van der Waals surface area contributed by atoms with E-state index in [1.807, 2.05) is 0 Å². The first-order chi connectivity index (χ1) is 14.6. The molecule has 1 N–H and O–H groups in total. The van der Waals surface area contributed by atoms with E-state index >= 15 is 0 Å². The lowest BCUT2D eigenvalue weighted by atomic mass is 9.89. The summed E-state index contributed by atoms with van der Waals surface area (Å²) in [6.45, 7) is 0.571. The molecule has 2 bridgehead atoms. The average molecular weight is 472 g/mol. The standard InChI is InChI=1S/C21H17ClF3NO4S/c22-14-4-2-10(20(27)26-12-6-15(23)18(25)16(24)7-12)5-17(14)31(28,29)19-11-1-3-13(19)21(8-11)9-30-21/h2,4-7,11,13,19H,1,3,8-9H2,(H,26,27)/t11?,13?,19-,21-/m1/s1. The third-order valence-electron chi connectivity index (χ3n) is 6.61. The van der Waals surface area contributed by atoms with Gasteiger partial charge in [0.2, 0.25) is 0 Å². The van der Waals surface area contributed by atoms with E-state index in [1.165, 1.54) is 18.2 Å². The van der Waals surface area contributed by atoms with Crippen LogP contribution in [0.25, 0.3) is 0 Å². The Labute approximate surface area is 181 Å². The van der Waals surface area contributed by atoms with Crippen molar-refractivity contribution in [1.29, 1.82) is 0 Å². The third kappa shape index (κ3) is 3.25. The summed E-state index contributed by atoms with van der Waals surface area (Å²) >= 11 is 6.20. The summed E-state index contributed by atoms with van der Waals surface area (Å²) in [7, 11) is -3.85. The summed E-state index contributed by atoms with van der Waals surface area (Å²) in [4.78, 5) is 12.4. The minimum atomic E-state index is -3.85. The molecule has 2 aromatic carbocycles. The van der Waals surface area contributed by atoms with Gasteiger partial charge in [-0.15, -0.1) is 0 Å². The summed E-state index contributed by atoms with van der Waals surface area (Å²) in [6.07, 6.45) is 2.29. The molecule has 2 unspecified atom stereocenters. The van der Waals surface area contributed by atoms with Gasteiger partial charge in [0.15, 0.2) is 27.3 Å². The summed E-state index contributed by atoms with van der Waals surface area (Å²) < 4.78 is 72.5. The molecule has 1 heterocycles. The predicted molar refractivity (Wildman–Crippen MR) is 106 cm³/mol. The van der Waals surface area contributed by atoms with Crippen molar-refractivity contribution in [3.05, 3.63) is 58.4 Å². The Bertz CT molecular complexity index is 1190. The topological polar surface area (TPSA) is 75.8 Å². The number of rotatable bonds is 4. The van der Waals surface area contributed by atoms with Crippen LogP contribution in [0.15, 0.2) is 35.2 Å². The van der Waals surface area contributed by atoms with Gasteiger partial charge >= 0.3 is 0 Å². The lowest BCUT2D eigenvalue weighted by Gasteiger charge is -2.19. The van der Waals surface area contributed by atoms with Crippen LogP contribution in [0.3, 0.4) is 0 Å². The number of halogens is 4. The molecule has 164 valence electrons. The third-order valence-corrected chi connectivity index (χ3v) is 9.43. The molecule has 5 rings (SSSR count). The molecule has 1 aliphatic heterocycles. The first-order valence-electron chi connectivity index (χ1n) is 9.76. The van der Waals surface area contributed by atoms with Crippen LogP contribution in [-0.4, -0.2) is 31.8 Å². The second-order valence-electron chi connectivity index (χ2n) is 8.36. The number of carbonyl (C=O) groups is 1. The number of epoxide rings is 1. The number of hydrogen-bond acceptors (Lipinski definition) is 4. The van der Waals surface area contributed by atoms with E-state index in [2.05, 4.69) is 5.32 Å². The summed E-state index contributed by atoms with van der Waals surface area (Å²) in [5.74, 6) is -5.49. The van der Waals surface area contributed by atoms with E-state index in [9.17, 15) is 26.4 Å². The van der Waals surface area contributed by atoms with Crippen molar-refractivity contribution in [3.8, 4) is 0 Å². The van der Waals surface area contributed by atoms with Crippen molar-refractivity contribution < 1.29 is 31.1 Å². The lowest BCUT2D eigenvalue weighted by molar-refractivity contribution is 0.102. The Hall–Kier alpha value is -2.10. The fourth-order valence-electron chi connectivity index (χ4n) is 5.16. The van der Waals surface area contributed by atoms with Crippen LogP contribution < -0.4 is 5.32 Å². The lowest BCUT2D eigenvalue weighted by Crippen LogP contribution is -2.30. The monoisotopic (exact) mass is 471 g/mol. The number of amides is 1. The Kier molecular flexibility index (Phi) is 4.66. The molecule has 10 heteroatoms. The van der Waals surface area contributed by atoms with Crippen molar-refractivity contribution in [2.24, 2.45) is 11.8 Å². The molecule has 0 aromatic heterocycles. The molecule has 2 saturated carbocycles. The number of carbonyl (C=O) groups excluding carboxylic acids is 1. The zero-order valence-electron chi connectivity index (χ0n) is 16.0. The maximum absolute atomic E-state index is 13.5. The number of sulfone groups is 1. The smallest absolute Gasteiger partial charge is 0.255 e. The maximum Gasteiger partial charge on any atom is 0.255 e. The van der Waals surface area contributed by atoms with Crippen LogP contribution >= 0.6 is 11.6 Å². The molecule has 2 aromatic rings. The van der Waals surface area contributed by atoms with E-state index in [1.54, 1.807) is 0 Å². The molecule has 0 radical (unpaired) electrons. The van der Waals surface area contributed by atoms with Gasteiger partial charge in [0.1, 0.15) is 0 Å². The van der Waals surface area contributed by atoms with Gasteiger partial charge in [0.25, 0.3) is 5.91 Å². The van der Waals surface area contributed by atoms with Crippen LogP contribution in [0.4, 0.5) is 18.9 Å². The van der Waals surface area contributed by atoms with Crippen molar-refractivity contribution in [2.45, 2.75) is 35.0 Å². The molecule has 2 aliphatic carbocycles. The fraction of sp³-hybridized carbons (Fsp3) is 0.381. The highest BCUT2D eigenvalue weighted by Crippen LogP contribution is 2.61. The number of hydrogen-bond donors (Lipinski definition) is 1. The van der Waals surface area contributed by atoms with Gasteiger partial charge in [-0.25, -0.2) is 21.6 Å². The number of anilines is 1. The van der Waals surface area contributed by atoms with E-state index in [0.29, 0.717) is 25.2 Å². The Morgan fingerprint density at radius 1 is 1.13 bits per heavy atom. The van der Waals surface area contributed by atoms with Crippen molar-refractivity contribution in [2.75, 3.05) is 11.9 Å². The summed E-state index contributed by atoms with van der Waals surface area (Å²) in [5, 5.41) is 1.62. The van der Waals surface area contributed by atoms with E-state index in [0.717, 1.165) is 12.8 Å². The second-order valence-corrected chi connectivity index (χ2v) is 10.8. The highest BCUT2D eigenvalue weighted by atomic mass is 35.5. The molecule has 1 amide bonds. The summed E-state index contributed by atoms with van der Waals surface area (Å²) in [6, 6.07) is 5.04. The zero-order chi connectivity index (χ0) is 22.1. The van der Waals surface area contributed by atoms with Gasteiger partial charge in [-0.05, 0) is 43.4 Å². The predicted octanol–water partition coefficient (Wildman–Crippen LogP) is 4.35. The molecule has 3 fully saturated rings. The van der Waals surface area contributed by atoms with Crippen molar-refractivity contribution in [3.63, 3.8) is 0 Å². The minimum absolute atomic E-state index is 0.00696. The quantitative estimate of drug-likeness (QED) is 0.531. The normalized spacial score (nSPS) is 28.8. The molecule has 1 saturated heterocycles.